The van der Waals surface area contributed by atoms with E-state index in [0.717, 1.165) is 22.0 Å². The molecule has 3 rings (SSSR count). The van der Waals surface area contributed by atoms with Crippen LogP contribution >= 0.6 is 23.2 Å². The molecule has 25 heavy (non-hydrogen) atoms. The van der Waals surface area contributed by atoms with Crippen LogP contribution in [0.15, 0.2) is 49.0 Å². The first-order chi connectivity index (χ1) is 11.9. The topological polar surface area (TPSA) is 36.4 Å². The van der Waals surface area contributed by atoms with Crippen LogP contribution in [-0.4, -0.2) is 24.2 Å². The number of halogens is 2. The predicted octanol–water partition coefficient (Wildman–Crippen LogP) is 5.73. The average Bonchev–Trinajstić information content (AvgIpc) is 2.56. The SMILES string of the molecule is C=C(O)c1c(N(C)C)nc2ccc(Cl)cc2c1Cc1ccccc1Cl. The van der Waals surface area contributed by atoms with Crippen molar-refractivity contribution in [1.29, 1.82) is 0 Å². The van der Waals surface area contributed by atoms with Gasteiger partial charge >= 0.3 is 0 Å². The summed E-state index contributed by atoms with van der Waals surface area (Å²) in [6.45, 7) is 3.75. The van der Waals surface area contributed by atoms with Crippen LogP contribution in [0, 0.1) is 0 Å². The minimum absolute atomic E-state index is 0.0277. The Labute approximate surface area is 157 Å². The summed E-state index contributed by atoms with van der Waals surface area (Å²) >= 11 is 12.6. The summed E-state index contributed by atoms with van der Waals surface area (Å²) in [6, 6.07) is 13.2. The van der Waals surface area contributed by atoms with Crippen LogP contribution in [0.3, 0.4) is 0 Å². The first kappa shape index (κ1) is 17.6. The number of hydrogen-bond acceptors (Lipinski definition) is 3. The van der Waals surface area contributed by atoms with E-state index in [4.69, 9.17) is 23.2 Å². The number of anilines is 1. The average molecular weight is 373 g/mol. The summed E-state index contributed by atoms with van der Waals surface area (Å²) in [4.78, 5) is 6.54. The normalized spacial score (nSPS) is 10.9. The zero-order valence-corrected chi connectivity index (χ0v) is 15.6. The van der Waals surface area contributed by atoms with Crippen molar-refractivity contribution in [2.45, 2.75) is 6.42 Å². The zero-order valence-electron chi connectivity index (χ0n) is 14.1. The zero-order chi connectivity index (χ0) is 18.1. The molecular weight excluding hydrogens is 355 g/mol. The molecule has 0 unspecified atom stereocenters. The predicted molar refractivity (Wildman–Crippen MR) is 107 cm³/mol. The molecule has 0 aliphatic carbocycles. The summed E-state index contributed by atoms with van der Waals surface area (Å²) in [7, 11) is 3.77. The van der Waals surface area contributed by atoms with E-state index in [0.29, 0.717) is 27.8 Å². The van der Waals surface area contributed by atoms with Crippen molar-refractivity contribution < 1.29 is 5.11 Å². The number of pyridine rings is 1. The van der Waals surface area contributed by atoms with E-state index in [1.54, 1.807) is 0 Å². The summed E-state index contributed by atoms with van der Waals surface area (Å²) in [5.74, 6) is 0.629. The first-order valence-electron chi connectivity index (χ1n) is 7.79. The Hall–Kier alpha value is -2.23. The van der Waals surface area contributed by atoms with Gasteiger partial charge in [-0.05, 0) is 35.4 Å². The van der Waals surface area contributed by atoms with E-state index < -0.39 is 0 Å². The third kappa shape index (κ3) is 3.44. The molecule has 0 atom stereocenters. The Morgan fingerprint density at radius 3 is 2.52 bits per heavy atom. The van der Waals surface area contributed by atoms with Crippen LogP contribution in [0.2, 0.25) is 10.0 Å². The quantitative estimate of drug-likeness (QED) is 0.594. The number of benzene rings is 2. The molecule has 1 heterocycles. The van der Waals surface area contributed by atoms with Gasteiger partial charge in [-0.1, -0.05) is 48.0 Å². The number of fused-ring (bicyclic) bond motifs is 1. The lowest BCUT2D eigenvalue weighted by Gasteiger charge is -2.21. The second kappa shape index (κ2) is 6.95. The number of hydrogen-bond donors (Lipinski definition) is 1. The number of aliphatic hydroxyl groups is 1. The largest absolute Gasteiger partial charge is 0.508 e. The summed E-state index contributed by atoms with van der Waals surface area (Å²) in [5.41, 5.74) is 3.28. The molecule has 1 aromatic heterocycles. The Bertz CT molecular complexity index is 967. The molecule has 0 aliphatic rings. The van der Waals surface area contributed by atoms with Crippen LogP contribution in [-0.2, 0) is 6.42 Å². The molecule has 128 valence electrons. The lowest BCUT2D eigenvalue weighted by Crippen LogP contribution is -2.15. The highest BCUT2D eigenvalue weighted by Gasteiger charge is 2.20. The fraction of sp³-hybridized carbons (Fsp3) is 0.150. The Morgan fingerprint density at radius 1 is 1.16 bits per heavy atom. The van der Waals surface area contributed by atoms with E-state index >= 15 is 0 Å². The maximum absolute atomic E-state index is 10.3. The molecule has 0 fully saturated rings. The van der Waals surface area contributed by atoms with Crippen LogP contribution in [0.1, 0.15) is 16.7 Å². The van der Waals surface area contributed by atoms with Crippen molar-refractivity contribution in [2.24, 2.45) is 0 Å². The summed E-state index contributed by atoms with van der Waals surface area (Å²) in [5, 5.41) is 12.5. The monoisotopic (exact) mass is 372 g/mol. The van der Waals surface area contributed by atoms with Crippen LogP contribution in [0.5, 0.6) is 0 Å². The van der Waals surface area contributed by atoms with Crippen LogP contribution in [0.25, 0.3) is 16.7 Å². The van der Waals surface area contributed by atoms with Gasteiger partial charge in [0.25, 0.3) is 0 Å². The Morgan fingerprint density at radius 2 is 1.88 bits per heavy atom. The fourth-order valence-corrected chi connectivity index (χ4v) is 3.30. The molecule has 0 bridgehead atoms. The van der Waals surface area contributed by atoms with E-state index in [1.807, 2.05) is 61.5 Å². The minimum Gasteiger partial charge on any atom is -0.508 e. The maximum Gasteiger partial charge on any atom is 0.140 e. The molecule has 3 aromatic rings. The van der Waals surface area contributed by atoms with Crippen molar-refractivity contribution >= 4 is 45.7 Å². The van der Waals surface area contributed by atoms with Gasteiger partial charge in [0.2, 0.25) is 0 Å². The first-order valence-corrected chi connectivity index (χ1v) is 8.55. The summed E-state index contributed by atoms with van der Waals surface area (Å²) < 4.78 is 0. The second-order valence-corrected chi connectivity index (χ2v) is 6.90. The maximum atomic E-state index is 10.3. The van der Waals surface area contributed by atoms with E-state index in [9.17, 15) is 5.11 Å². The fourth-order valence-electron chi connectivity index (χ4n) is 2.93. The Kier molecular flexibility index (Phi) is 4.89. The van der Waals surface area contributed by atoms with Crippen molar-refractivity contribution in [3.05, 3.63) is 75.8 Å². The van der Waals surface area contributed by atoms with E-state index in [-0.39, 0.29) is 5.76 Å². The van der Waals surface area contributed by atoms with Gasteiger partial charge in [0.1, 0.15) is 11.6 Å². The van der Waals surface area contributed by atoms with Gasteiger partial charge in [0.15, 0.2) is 0 Å². The highest BCUT2D eigenvalue weighted by atomic mass is 35.5. The van der Waals surface area contributed by atoms with Gasteiger partial charge in [0, 0.05) is 35.9 Å². The number of nitrogens with zero attached hydrogens (tertiary/aromatic N) is 2. The highest BCUT2D eigenvalue weighted by Crippen LogP contribution is 2.35. The smallest absolute Gasteiger partial charge is 0.140 e. The molecular formula is C20H18Cl2N2O. The molecule has 3 nitrogen and oxygen atoms in total. The third-order valence-corrected chi connectivity index (χ3v) is 4.68. The molecule has 0 saturated carbocycles. The number of rotatable bonds is 4. The van der Waals surface area contributed by atoms with Crippen molar-refractivity contribution in [1.82, 2.24) is 4.98 Å². The minimum atomic E-state index is -0.0277. The molecule has 2 aromatic carbocycles. The molecule has 0 amide bonds. The van der Waals surface area contributed by atoms with Gasteiger partial charge in [0.05, 0.1) is 11.1 Å². The Balaban J connectivity index is 2.36. The lowest BCUT2D eigenvalue weighted by molar-refractivity contribution is 0.513. The van der Waals surface area contributed by atoms with E-state index in [2.05, 4.69) is 11.6 Å². The molecule has 5 heteroatoms. The second-order valence-electron chi connectivity index (χ2n) is 6.06. The van der Waals surface area contributed by atoms with Crippen LogP contribution < -0.4 is 4.90 Å². The standard InChI is InChI=1S/C20H18Cl2N2O/c1-12(25)19-16(10-13-6-4-5-7-17(13)22)15-11-14(21)8-9-18(15)23-20(19)24(2)3/h4-9,11,25H,1,10H2,2-3H3. The molecule has 1 N–H and O–H groups in total. The lowest BCUT2D eigenvalue weighted by atomic mass is 9.95. The van der Waals surface area contributed by atoms with Gasteiger partial charge < -0.3 is 10.0 Å². The molecule has 0 saturated heterocycles. The van der Waals surface area contributed by atoms with Crippen molar-refractivity contribution in [2.75, 3.05) is 19.0 Å². The van der Waals surface area contributed by atoms with Gasteiger partial charge in [-0.15, -0.1) is 0 Å². The van der Waals surface area contributed by atoms with Gasteiger partial charge in [-0.2, -0.15) is 0 Å². The number of aliphatic hydroxyl groups excluding tert-OH is 1. The van der Waals surface area contributed by atoms with Crippen LogP contribution in [0.4, 0.5) is 5.82 Å². The molecule has 0 spiro atoms. The van der Waals surface area contributed by atoms with Gasteiger partial charge in [-0.3, -0.25) is 0 Å². The molecule has 0 radical (unpaired) electrons. The van der Waals surface area contributed by atoms with Crippen molar-refractivity contribution in [3.63, 3.8) is 0 Å². The van der Waals surface area contributed by atoms with E-state index in [1.165, 1.54) is 0 Å². The number of aromatic nitrogens is 1. The highest BCUT2D eigenvalue weighted by molar-refractivity contribution is 6.31. The van der Waals surface area contributed by atoms with Crippen molar-refractivity contribution in [3.8, 4) is 0 Å². The summed E-state index contributed by atoms with van der Waals surface area (Å²) in [6.07, 6.45) is 0.536. The third-order valence-electron chi connectivity index (χ3n) is 4.07. The molecule has 0 aliphatic heterocycles. The van der Waals surface area contributed by atoms with Gasteiger partial charge in [-0.25, -0.2) is 4.98 Å².